The maximum Gasteiger partial charge on any atom is 0.0897 e. The van der Waals surface area contributed by atoms with Crippen molar-refractivity contribution in [2.24, 2.45) is 11.1 Å². The molecule has 1 unspecified atom stereocenters. The Kier molecular flexibility index (Phi) is 4.72. The predicted octanol–water partition coefficient (Wildman–Crippen LogP) is 1.64. The van der Waals surface area contributed by atoms with Gasteiger partial charge in [0.2, 0.25) is 0 Å². The van der Waals surface area contributed by atoms with Gasteiger partial charge in [-0.1, -0.05) is 0 Å². The SMILES string of the molecule is Cc1nc(CN(C)CC2(CN)CCCOC2)cs1. The summed E-state index contributed by atoms with van der Waals surface area (Å²) in [6.07, 6.45) is 2.30. The first-order chi connectivity index (χ1) is 8.63. The van der Waals surface area contributed by atoms with E-state index in [1.165, 1.54) is 6.42 Å². The molecule has 1 saturated heterocycles. The maximum absolute atomic E-state index is 5.96. The Hall–Kier alpha value is -0.490. The van der Waals surface area contributed by atoms with E-state index >= 15 is 0 Å². The molecule has 1 aliphatic rings. The number of aromatic nitrogens is 1. The van der Waals surface area contributed by atoms with E-state index in [2.05, 4.69) is 22.3 Å². The Morgan fingerprint density at radius 1 is 1.61 bits per heavy atom. The second kappa shape index (κ2) is 6.10. The first-order valence-electron chi connectivity index (χ1n) is 6.51. The lowest BCUT2D eigenvalue weighted by atomic mass is 9.82. The van der Waals surface area contributed by atoms with Crippen LogP contribution in [0.4, 0.5) is 0 Å². The van der Waals surface area contributed by atoms with Crippen LogP contribution in [0, 0.1) is 12.3 Å². The Morgan fingerprint density at radius 3 is 3.00 bits per heavy atom. The van der Waals surface area contributed by atoms with Crippen LogP contribution in [0.2, 0.25) is 0 Å². The van der Waals surface area contributed by atoms with Crippen molar-refractivity contribution < 1.29 is 4.74 Å². The van der Waals surface area contributed by atoms with Gasteiger partial charge in [-0.15, -0.1) is 11.3 Å². The highest BCUT2D eigenvalue weighted by Gasteiger charge is 2.32. The third kappa shape index (κ3) is 3.51. The predicted molar refractivity (Wildman–Crippen MR) is 74.7 cm³/mol. The Balaban J connectivity index is 1.90. The summed E-state index contributed by atoms with van der Waals surface area (Å²) in [5.74, 6) is 0. The van der Waals surface area contributed by atoms with E-state index in [1.807, 2.05) is 6.92 Å². The molecule has 5 heteroatoms. The average molecular weight is 269 g/mol. The monoisotopic (exact) mass is 269 g/mol. The summed E-state index contributed by atoms with van der Waals surface area (Å²) in [6, 6.07) is 0. The van der Waals surface area contributed by atoms with Crippen LogP contribution in [-0.4, -0.2) is 43.2 Å². The van der Waals surface area contributed by atoms with Gasteiger partial charge in [-0.3, -0.25) is 4.90 Å². The molecule has 1 aromatic heterocycles. The summed E-state index contributed by atoms with van der Waals surface area (Å²) in [5.41, 5.74) is 7.26. The van der Waals surface area contributed by atoms with Crippen molar-refractivity contribution in [1.82, 2.24) is 9.88 Å². The molecule has 1 aliphatic heterocycles. The Morgan fingerprint density at radius 2 is 2.44 bits per heavy atom. The molecule has 0 spiro atoms. The molecule has 2 heterocycles. The first kappa shape index (κ1) is 13.9. The van der Waals surface area contributed by atoms with E-state index in [9.17, 15) is 0 Å². The minimum Gasteiger partial charge on any atom is -0.381 e. The minimum absolute atomic E-state index is 0.137. The molecule has 0 radical (unpaired) electrons. The zero-order chi connectivity index (χ0) is 13.0. The van der Waals surface area contributed by atoms with Crippen molar-refractivity contribution in [3.05, 3.63) is 16.1 Å². The van der Waals surface area contributed by atoms with E-state index in [0.717, 1.165) is 43.4 Å². The van der Waals surface area contributed by atoms with Gasteiger partial charge in [0, 0.05) is 37.0 Å². The van der Waals surface area contributed by atoms with Crippen molar-refractivity contribution in [3.8, 4) is 0 Å². The van der Waals surface area contributed by atoms with Gasteiger partial charge < -0.3 is 10.5 Å². The third-order valence-electron chi connectivity index (χ3n) is 3.54. The van der Waals surface area contributed by atoms with Gasteiger partial charge in [0.05, 0.1) is 17.3 Å². The van der Waals surface area contributed by atoms with Crippen LogP contribution >= 0.6 is 11.3 Å². The maximum atomic E-state index is 5.96. The van der Waals surface area contributed by atoms with Crippen LogP contribution in [0.1, 0.15) is 23.5 Å². The summed E-state index contributed by atoms with van der Waals surface area (Å²) < 4.78 is 5.61. The summed E-state index contributed by atoms with van der Waals surface area (Å²) in [7, 11) is 2.14. The molecule has 0 aromatic carbocycles. The highest BCUT2D eigenvalue weighted by Crippen LogP contribution is 2.28. The number of ether oxygens (including phenoxy) is 1. The lowest BCUT2D eigenvalue weighted by Crippen LogP contribution is -2.46. The fraction of sp³-hybridized carbons (Fsp3) is 0.769. The molecule has 2 rings (SSSR count). The number of nitrogens with two attached hydrogens (primary N) is 1. The largest absolute Gasteiger partial charge is 0.381 e. The number of hydrogen-bond donors (Lipinski definition) is 1. The van der Waals surface area contributed by atoms with Crippen molar-refractivity contribution in [3.63, 3.8) is 0 Å². The lowest BCUT2D eigenvalue weighted by molar-refractivity contribution is -0.0193. The number of aryl methyl sites for hydroxylation is 1. The first-order valence-corrected chi connectivity index (χ1v) is 7.39. The van der Waals surface area contributed by atoms with E-state index in [4.69, 9.17) is 10.5 Å². The highest BCUT2D eigenvalue weighted by molar-refractivity contribution is 7.09. The molecular weight excluding hydrogens is 246 g/mol. The van der Waals surface area contributed by atoms with E-state index in [-0.39, 0.29) is 5.41 Å². The van der Waals surface area contributed by atoms with Crippen LogP contribution in [0.25, 0.3) is 0 Å². The zero-order valence-electron chi connectivity index (χ0n) is 11.3. The minimum atomic E-state index is 0.137. The summed E-state index contributed by atoms with van der Waals surface area (Å²) in [5, 5.41) is 3.27. The number of hydrogen-bond acceptors (Lipinski definition) is 5. The highest BCUT2D eigenvalue weighted by atomic mass is 32.1. The molecule has 1 atom stereocenters. The molecule has 0 amide bonds. The van der Waals surface area contributed by atoms with Gasteiger partial charge in [-0.25, -0.2) is 4.98 Å². The topological polar surface area (TPSA) is 51.4 Å². The fourth-order valence-corrected chi connectivity index (χ4v) is 3.25. The molecule has 4 nitrogen and oxygen atoms in total. The second-order valence-electron chi connectivity index (χ2n) is 5.39. The van der Waals surface area contributed by atoms with Gasteiger partial charge >= 0.3 is 0 Å². The number of thiazole rings is 1. The van der Waals surface area contributed by atoms with Crippen molar-refractivity contribution in [2.75, 3.05) is 33.4 Å². The third-order valence-corrected chi connectivity index (χ3v) is 4.36. The molecule has 0 aliphatic carbocycles. The summed E-state index contributed by atoms with van der Waals surface area (Å²) >= 11 is 1.71. The van der Waals surface area contributed by atoms with E-state index in [0.29, 0.717) is 6.54 Å². The standard InChI is InChI=1S/C13H23N3OS/c1-11-15-12(7-18-11)6-16(2)9-13(8-14)4-3-5-17-10-13/h7H,3-6,8-10,14H2,1-2H3. The molecular formula is C13H23N3OS. The average Bonchev–Trinajstić information content (AvgIpc) is 2.75. The second-order valence-corrected chi connectivity index (χ2v) is 6.45. The van der Waals surface area contributed by atoms with Gasteiger partial charge in [0.1, 0.15) is 0 Å². The lowest BCUT2D eigenvalue weighted by Gasteiger charge is -2.38. The van der Waals surface area contributed by atoms with E-state index < -0.39 is 0 Å². The van der Waals surface area contributed by atoms with Crippen LogP contribution in [0.5, 0.6) is 0 Å². The van der Waals surface area contributed by atoms with Gasteiger partial charge in [-0.2, -0.15) is 0 Å². The zero-order valence-corrected chi connectivity index (χ0v) is 12.1. The van der Waals surface area contributed by atoms with Gasteiger partial charge in [0.25, 0.3) is 0 Å². The molecule has 1 aromatic rings. The van der Waals surface area contributed by atoms with Gasteiger partial charge in [0.15, 0.2) is 0 Å². The van der Waals surface area contributed by atoms with Crippen molar-refractivity contribution >= 4 is 11.3 Å². The molecule has 0 bridgehead atoms. The quantitative estimate of drug-likeness (QED) is 0.883. The molecule has 2 N–H and O–H groups in total. The molecule has 102 valence electrons. The number of nitrogens with zero attached hydrogens (tertiary/aromatic N) is 2. The van der Waals surface area contributed by atoms with Crippen LogP contribution in [0.15, 0.2) is 5.38 Å². The van der Waals surface area contributed by atoms with Gasteiger partial charge in [-0.05, 0) is 26.8 Å². The summed E-state index contributed by atoms with van der Waals surface area (Å²) in [4.78, 5) is 6.82. The van der Waals surface area contributed by atoms with Crippen LogP contribution in [-0.2, 0) is 11.3 Å². The molecule has 18 heavy (non-hydrogen) atoms. The Labute approximate surface area is 113 Å². The van der Waals surface area contributed by atoms with Crippen LogP contribution in [0.3, 0.4) is 0 Å². The van der Waals surface area contributed by atoms with Crippen molar-refractivity contribution in [2.45, 2.75) is 26.3 Å². The Bertz CT molecular complexity index is 374. The molecule has 1 fully saturated rings. The smallest absolute Gasteiger partial charge is 0.0897 e. The normalized spacial score (nSPS) is 24.7. The fourth-order valence-electron chi connectivity index (χ4n) is 2.65. The summed E-state index contributed by atoms with van der Waals surface area (Å²) in [6.45, 7) is 6.31. The number of rotatable bonds is 5. The van der Waals surface area contributed by atoms with Crippen LogP contribution < -0.4 is 5.73 Å². The van der Waals surface area contributed by atoms with Crippen molar-refractivity contribution in [1.29, 1.82) is 0 Å². The van der Waals surface area contributed by atoms with E-state index in [1.54, 1.807) is 11.3 Å². The molecule has 0 saturated carbocycles.